The fourth-order valence-corrected chi connectivity index (χ4v) is 4.34. The molecule has 1 N–H and O–H groups in total. The first-order valence-electron chi connectivity index (χ1n) is 8.26. The molecule has 6 heteroatoms. The van der Waals surface area contributed by atoms with Gasteiger partial charge in [0.15, 0.2) is 0 Å². The maximum Gasteiger partial charge on any atom is 0.230 e. The number of para-hydroxylation sites is 1. The molecule has 1 aromatic heterocycles. The number of nitrogens with one attached hydrogen (secondary N) is 1. The lowest BCUT2D eigenvalue weighted by atomic mass is 10.1. The third kappa shape index (κ3) is 4.09. The van der Waals surface area contributed by atoms with Gasteiger partial charge < -0.3 is 5.32 Å². The number of hydrogen-bond acceptors (Lipinski definition) is 3. The maximum absolute atomic E-state index is 12.5. The van der Waals surface area contributed by atoms with Crippen LogP contribution in [0.3, 0.4) is 0 Å². The Hall–Kier alpha value is -1.88. The number of hydrogen-bond donors (Lipinski definition) is 1. The van der Waals surface area contributed by atoms with Gasteiger partial charge in [-0.15, -0.1) is 11.3 Å². The van der Waals surface area contributed by atoms with E-state index in [0.717, 1.165) is 23.2 Å². The van der Waals surface area contributed by atoms with Crippen molar-refractivity contribution in [2.45, 2.75) is 26.7 Å². The molecule has 0 aliphatic carbocycles. The van der Waals surface area contributed by atoms with Crippen molar-refractivity contribution >= 4 is 46.1 Å². The fraction of sp³-hybridized carbons (Fsp3) is 0.200. The Morgan fingerprint density at radius 2 is 1.85 bits per heavy atom. The van der Waals surface area contributed by atoms with Crippen molar-refractivity contribution in [3.63, 3.8) is 0 Å². The molecule has 0 spiro atoms. The van der Waals surface area contributed by atoms with Crippen LogP contribution in [0.5, 0.6) is 0 Å². The first kappa shape index (κ1) is 18.9. The second-order valence-corrected chi connectivity index (χ2v) is 7.60. The van der Waals surface area contributed by atoms with Gasteiger partial charge in [0.2, 0.25) is 5.91 Å². The molecule has 0 aliphatic rings. The van der Waals surface area contributed by atoms with Gasteiger partial charge in [-0.25, -0.2) is 4.98 Å². The second kappa shape index (κ2) is 8.21. The van der Waals surface area contributed by atoms with Crippen molar-refractivity contribution in [3.05, 3.63) is 68.6 Å². The second-order valence-electron chi connectivity index (χ2n) is 5.93. The average Bonchev–Trinajstić information content (AvgIpc) is 3.04. The van der Waals surface area contributed by atoms with Gasteiger partial charge in [-0.05, 0) is 36.6 Å². The van der Waals surface area contributed by atoms with E-state index in [-0.39, 0.29) is 12.3 Å². The third-order valence-electron chi connectivity index (χ3n) is 4.07. The SMILES string of the molecule is CCc1cccc(C)c1NC(=O)Cc1csc(-c2c(Cl)cccc2Cl)n1. The van der Waals surface area contributed by atoms with E-state index in [2.05, 4.69) is 17.2 Å². The van der Waals surface area contributed by atoms with E-state index < -0.39 is 0 Å². The number of nitrogens with zero attached hydrogens (tertiary/aromatic N) is 1. The number of carbonyl (C=O) groups excluding carboxylic acids is 1. The van der Waals surface area contributed by atoms with Gasteiger partial charge in [0, 0.05) is 16.6 Å². The number of halogens is 2. The van der Waals surface area contributed by atoms with E-state index in [0.29, 0.717) is 26.3 Å². The Morgan fingerprint density at radius 1 is 1.15 bits per heavy atom. The van der Waals surface area contributed by atoms with E-state index in [9.17, 15) is 4.79 Å². The summed E-state index contributed by atoms with van der Waals surface area (Å²) in [5.41, 5.74) is 4.48. The van der Waals surface area contributed by atoms with E-state index in [4.69, 9.17) is 23.2 Å². The number of rotatable bonds is 5. The summed E-state index contributed by atoms with van der Waals surface area (Å²) in [6.45, 7) is 4.07. The lowest BCUT2D eigenvalue weighted by Gasteiger charge is -2.12. The van der Waals surface area contributed by atoms with Gasteiger partial charge in [-0.1, -0.05) is 54.4 Å². The Balaban J connectivity index is 1.77. The van der Waals surface area contributed by atoms with Crippen LogP contribution in [0.1, 0.15) is 23.7 Å². The monoisotopic (exact) mass is 404 g/mol. The summed E-state index contributed by atoms with van der Waals surface area (Å²) in [5.74, 6) is -0.0869. The standard InChI is InChI=1S/C20H18Cl2N2OS/c1-3-13-7-4-6-12(2)19(13)24-17(25)10-14-11-26-20(23-14)18-15(21)8-5-9-16(18)22/h4-9,11H,3,10H2,1-2H3,(H,24,25). The molecular formula is C20H18Cl2N2OS. The zero-order chi connectivity index (χ0) is 18.7. The molecule has 26 heavy (non-hydrogen) atoms. The van der Waals surface area contributed by atoms with Gasteiger partial charge in [0.25, 0.3) is 0 Å². The van der Waals surface area contributed by atoms with E-state index in [1.165, 1.54) is 11.3 Å². The molecule has 2 aromatic carbocycles. The van der Waals surface area contributed by atoms with Crippen LogP contribution in [0, 0.1) is 6.92 Å². The number of benzene rings is 2. The smallest absolute Gasteiger partial charge is 0.230 e. The third-order valence-corrected chi connectivity index (χ3v) is 5.61. The number of aromatic nitrogens is 1. The molecule has 0 aliphatic heterocycles. The summed E-state index contributed by atoms with van der Waals surface area (Å²) >= 11 is 13.9. The average molecular weight is 405 g/mol. The molecule has 0 fully saturated rings. The topological polar surface area (TPSA) is 42.0 Å². The zero-order valence-corrected chi connectivity index (χ0v) is 16.8. The molecule has 1 amide bonds. The minimum Gasteiger partial charge on any atom is -0.325 e. The Kier molecular flexibility index (Phi) is 5.97. The normalized spacial score (nSPS) is 10.8. The lowest BCUT2D eigenvalue weighted by molar-refractivity contribution is -0.115. The molecule has 0 radical (unpaired) electrons. The molecular weight excluding hydrogens is 387 g/mol. The van der Waals surface area contributed by atoms with Crippen LogP contribution in [0.15, 0.2) is 41.8 Å². The largest absolute Gasteiger partial charge is 0.325 e. The molecule has 0 bridgehead atoms. The van der Waals surface area contributed by atoms with Crippen molar-refractivity contribution in [1.82, 2.24) is 4.98 Å². The number of carbonyl (C=O) groups is 1. The van der Waals surface area contributed by atoms with Crippen LogP contribution < -0.4 is 5.32 Å². The van der Waals surface area contributed by atoms with E-state index in [1.807, 2.05) is 30.5 Å². The molecule has 1 heterocycles. The minimum absolute atomic E-state index is 0.0869. The van der Waals surface area contributed by atoms with E-state index in [1.54, 1.807) is 18.2 Å². The molecule has 0 unspecified atom stereocenters. The number of aryl methyl sites for hydroxylation is 2. The van der Waals surface area contributed by atoms with E-state index >= 15 is 0 Å². The van der Waals surface area contributed by atoms with Crippen LogP contribution in [0.4, 0.5) is 5.69 Å². The molecule has 134 valence electrons. The Bertz CT molecular complexity index is 932. The summed E-state index contributed by atoms with van der Waals surface area (Å²) in [6.07, 6.45) is 1.07. The fourth-order valence-electron chi connectivity index (χ4n) is 2.76. The van der Waals surface area contributed by atoms with Crippen LogP contribution in [-0.4, -0.2) is 10.9 Å². The number of thiazole rings is 1. The quantitative estimate of drug-likeness (QED) is 0.552. The van der Waals surface area contributed by atoms with Crippen molar-refractivity contribution in [2.24, 2.45) is 0 Å². The molecule has 3 aromatic rings. The highest BCUT2D eigenvalue weighted by molar-refractivity contribution is 7.13. The molecule has 0 saturated heterocycles. The van der Waals surface area contributed by atoms with Crippen molar-refractivity contribution < 1.29 is 4.79 Å². The van der Waals surface area contributed by atoms with Crippen LogP contribution in [-0.2, 0) is 17.6 Å². The van der Waals surface area contributed by atoms with Gasteiger partial charge in [-0.3, -0.25) is 4.79 Å². The Morgan fingerprint density at radius 3 is 2.54 bits per heavy atom. The summed E-state index contributed by atoms with van der Waals surface area (Å²) in [5, 5.41) is 6.71. The molecule has 0 saturated carbocycles. The first-order valence-corrected chi connectivity index (χ1v) is 9.90. The summed E-state index contributed by atoms with van der Waals surface area (Å²) in [4.78, 5) is 17.0. The first-order chi connectivity index (χ1) is 12.5. The van der Waals surface area contributed by atoms with Crippen molar-refractivity contribution in [2.75, 3.05) is 5.32 Å². The highest BCUT2D eigenvalue weighted by Crippen LogP contribution is 2.36. The van der Waals surface area contributed by atoms with Crippen molar-refractivity contribution in [3.8, 4) is 10.6 Å². The molecule has 3 rings (SSSR count). The maximum atomic E-state index is 12.5. The molecule has 3 nitrogen and oxygen atoms in total. The Labute approximate surface area is 167 Å². The highest BCUT2D eigenvalue weighted by atomic mass is 35.5. The van der Waals surface area contributed by atoms with Crippen LogP contribution >= 0.6 is 34.5 Å². The zero-order valence-electron chi connectivity index (χ0n) is 14.5. The number of amides is 1. The summed E-state index contributed by atoms with van der Waals surface area (Å²) < 4.78 is 0. The van der Waals surface area contributed by atoms with Crippen LogP contribution in [0.25, 0.3) is 10.6 Å². The van der Waals surface area contributed by atoms with Gasteiger partial charge in [0.1, 0.15) is 5.01 Å². The lowest BCUT2D eigenvalue weighted by Crippen LogP contribution is -2.16. The predicted molar refractivity (Wildman–Crippen MR) is 110 cm³/mol. The number of anilines is 1. The summed E-state index contributed by atoms with van der Waals surface area (Å²) in [6, 6.07) is 11.4. The van der Waals surface area contributed by atoms with Crippen molar-refractivity contribution in [1.29, 1.82) is 0 Å². The highest BCUT2D eigenvalue weighted by Gasteiger charge is 2.15. The van der Waals surface area contributed by atoms with Crippen LogP contribution in [0.2, 0.25) is 10.0 Å². The summed E-state index contributed by atoms with van der Waals surface area (Å²) in [7, 11) is 0. The predicted octanol–water partition coefficient (Wildman–Crippen LogP) is 6.17. The molecule has 0 atom stereocenters. The van der Waals surface area contributed by atoms with Gasteiger partial charge >= 0.3 is 0 Å². The van der Waals surface area contributed by atoms with Gasteiger partial charge in [-0.2, -0.15) is 0 Å². The minimum atomic E-state index is -0.0869. The van der Waals surface area contributed by atoms with Gasteiger partial charge in [0.05, 0.1) is 22.2 Å².